The third kappa shape index (κ3) is 3.34. The van der Waals surface area contributed by atoms with Crippen molar-refractivity contribution in [1.82, 2.24) is 10.3 Å². The molecule has 1 aliphatic rings. The molecular weight excluding hydrogens is 288 g/mol. The first-order valence-corrected chi connectivity index (χ1v) is 7.23. The van der Waals surface area contributed by atoms with Crippen LogP contribution in [0.2, 0.25) is 5.15 Å². The van der Waals surface area contributed by atoms with Gasteiger partial charge < -0.3 is 10.1 Å². The van der Waals surface area contributed by atoms with Gasteiger partial charge in [-0.05, 0) is 30.0 Å². The van der Waals surface area contributed by atoms with Gasteiger partial charge in [0.1, 0.15) is 11.8 Å². The number of aryl methyl sites for hydroxylation is 1. The Labute approximate surface area is 128 Å². The van der Waals surface area contributed by atoms with Crippen LogP contribution in [0.5, 0.6) is 0 Å². The van der Waals surface area contributed by atoms with Crippen LogP contribution in [0.25, 0.3) is 0 Å². The fourth-order valence-corrected chi connectivity index (χ4v) is 2.63. The SMILES string of the molecule is O=C(NC1CCc2ccc(Cl)nc21)OCc1ccccc1. The summed E-state index contributed by atoms with van der Waals surface area (Å²) in [6.07, 6.45) is 1.28. The lowest BCUT2D eigenvalue weighted by Crippen LogP contribution is -2.28. The summed E-state index contributed by atoms with van der Waals surface area (Å²) in [5.74, 6) is 0. The van der Waals surface area contributed by atoms with Crippen LogP contribution >= 0.6 is 11.6 Å². The summed E-state index contributed by atoms with van der Waals surface area (Å²) in [7, 11) is 0. The van der Waals surface area contributed by atoms with Gasteiger partial charge in [0.2, 0.25) is 0 Å². The quantitative estimate of drug-likeness (QED) is 0.881. The zero-order valence-electron chi connectivity index (χ0n) is 11.4. The maximum atomic E-state index is 11.9. The number of amides is 1. The molecule has 1 heterocycles. The molecule has 0 bridgehead atoms. The molecule has 5 heteroatoms. The van der Waals surface area contributed by atoms with E-state index in [0.717, 1.165) is 29.7 Å². The van der Waals surface area contributed by atoms with E-state index in [-0.39, 0.29) is 12.6 Å². The first-order valence-electron chi connectivity index (χ1n) is 6.85. The van der Waals surface area contributed by atoms with Gasteiger partial charge >= 0.3 is 6.09 Å². The van der Waals surface area contributed by atoms with Gasteiger partial charge in [-0.1, -0.05) is 48.0 Å². The number of hydrogen-bond acceptors (Lipinski definition) is 3. The van der Waals surface area contributed by atoms with Gasteiger partial charge in [-0.3, -0.25) is 0 Å². The van der Waals surface area contributed by atoms with Crippen LogP contribution < -0.4 is 5.32 Å². The molecule has 0 fully saturated rings. The molecule has 3 rings (SSSR count). The van der Waals surface area contributed by atoms with Crippen molar-refractivity contribution in [3.8, 4) is 0 Å². The number of ether oxygens (including phenoxy) is 1. The van der Waals surface area contributed by atoms with Crippen LogP contribution in [0.1, 0.15) is 29.3 Å². The van der Waals surface area contributed by atoms with Gasteiger partial charge in [0, 0.05) is 0 Å². The zero-order valence-corrected chi connectivity index (χ0v) is 12.1. The number of aromatic nitrogens is 1. The Morgan fingerprint density at radius 2 is 2.10 bits per heavy atom. The van der Waals surface area contributed by atoms with E-state index in [2.05, 4.69) is 10.3 Å². The molecule has 1 aliphatic carbocycles. The second-order valence-corrected chi connectivity index (χ2v) is 5.36. The Kier molecular flexibility index (Phi) is 4.06. The molecule has 0 spiro atoms. The maximum absolute atomic E-state index is 11.9. The molecule has 1 aromatic heterocycles. The van der Waals surface area contributed by atoms with E-state index < -0.39 is 6.09 Å². The van der Waals surface area contributed by atoms with Crippen LogP contribution in [0.4, 0.5) is 4.79 Å². The second-order valence-electron chi connectivity index (χ2n) is 4.98. The number of nitrogens with zero attached hydrogens (tertiary/aromatic N) is 1. The normalized spacial score (nSPS) is 16.3. The summed E-state index contributed by atoms with van der Waals surface area (Å²) in [5.41, 5.74) is 2.94. The van der Waals surface area contributed by atoms with Gasteiger partial charge in [-0.15, -0.1) is 0 Å². The fourth-order valence-electron chi connectivity index (χ4n) is 2.48. The smallest absolute Gasteiger partial charge is 0.408 e. The van der Waals surface area contributed by atoms with Crippen molar-refractivity contribution in [2.45, 2.75) is 25.5 Å². The highest BCUT2D eigenvalue weighted by Crippen LogP contribution is 2.30. The van der Waals surface area contributed by atoms with Crippen LogP contribution in [0, 0.1) is 0 Å². The monoisotopic (exact) mass is 302 g/mol. The summed E-state index contributed by atoms with van der Waals surface area (Å²) in [5, 5.41) is 3.29. The standard InChI is InChI=1S/C16H15ClN2O2/c17-14-9-7-12-6-8-13(15(12)19-14)18-16(20)21-10-11-4-2-1-3-5-11/h1-5,7,9,13H,6,8,10H2,(H,18,20). The van der Waals surface area contributed by atoms with Crippen molar-refractivity contribution in [3.63, 3.8) is 0 Å². The third-order valence-corrected chi connectivity index (χ3v) is 3.73. The number of rotatable bonds is 3. The Balaban J connectivity index is 1.58. The van der Waals surface area contributed by atoms with E-state index in [0.29, 0.717) is 5.15 Å². The molecule has 0 aliphatic heterocycles. The molecule has 21 heavy (non-hydrogen) atoms. The van der Waals surface area contributed by atoms with E-state index >= 15 is 0 Å². The van der Waals surface area contributed by atoms with Crippen molar-refractivity contribution in [2.24, 2.45) is 0 Å². The lowest BCUT2D eigenvalue weighted by Gasteiger charge is -2.13. The summed E-state index contributed by atoms with van der Waals surface area (Å²) in [6, 6.07) is 13.2. The number of alkyl carbamates (subject to hydrolysis) is 1. The molecule has 2 aromatic rings. The summed E-state index contributed by atoms with van der Waals surface area (Å²) in [4.78, 5) is 16.2. The Hall–Kier alpha value is -2.07. The minimum Gasteiger partial charge on any atom is -0.445 e. The van der Waals surface area contributed by atoms with Crippen molar-refractivity contribution >= 4 is 17.7 Å². The van der Waals surface area contributed by atoms with Crippen molar-refractivity contribution in [2.75, 3.05) is 0 Å². The van der Waals surface area contributed by atoms with Gasteiger partial charge in [0.25, 0.3) is 0 Å². The number of hydrogen-bond donors (Lipinski definition) is 1. The van der Waals surface area contributed by atoms with E-state index in [4.69, 9.17) is 16.3 Å². The van der Waals surface area contributed by atoms with Gasteiger partial charge in [0.15, 0.2) is 0 Å². The van der Waals surface area contributed by atoms with E-state index in [1.165, 1.54) is 0 Å². The average Bonchev–Trinajstić information content (AvgIpc) is 2.88. The molecule has 0 saturated heterocycles. The summed E-state index contributed by atoms with van der Waals surface area (Å²) < 4.78 is 5.22. The fraction of sp³-hybridized carbons (Fsp3) is 0.250. The van der Waals surface area contributed by atoms with Crippen LogP contribution in [-0.2, 0) is 17.8 Å². The Morgan fingerprint density at radius 1 is 1.29 bits per heavy atom. The molecule has 0 radical (unpaired) electrons. The first-order chi connectivity index (χ1) is 10.2. The van der Waals surface area contributed by atoms with Crippen molar-refractivity contribution in [1.29, 1.82) is 0 Å². The molecule has 4 nitrogen and oxygen atoms in total. The molecule has 1 unspecified atom stereocenters. The third-order valence-electron chi connectivity index (χ3n) is 3.52. The zero-order chi connectivity index (χ0) is 14.7. The van der Waals surface area contributed by atoms with Gasteiger partial charge in [0.05, 0.1) is 11.7 Å². The number of halogens is 1. The van der Waals surface area contributed by atoms with E-state index in [1.54, 1.807) is 6.07 Å². The number of benzene rings is 1. The first kappa shape index (κ1) is 13.9. The minimum atomic E-state index is -0.432. The van der Waals surface area contributed by atoms with Crippen LogP contribution in [-0.4, -0.2) is 11.1 Å². The molecule has 1 N–H and O–H groups in total. The molecule has 108 valence electrons. The molecule has 0 saturated carbocycles. The highest BCUT2D eigenvalue weighted by atomic mass is 35.5. The lowest BCUT2D eigenvalue weighted by atomic mass is 10.2. The Morgan fingerprint density at radius 3 is 2.90 bits per heavy atom. The number of pyridine rings is 1. The average molecular weight is 303 g/mol. The van der Waals surface area contributed by atoms with Crippen molar-refractivity contribution in [3.05, 3.63) is 64.4 Å². The van der Waals surface area contributed by atoms with Gasteiger partial charge in [-0.2, -0.15) is 0 Å². The van der Waals surface area contributed by atoms with Crippen molar-refractivity contribution < 1.29 is 9.53 Å². The van der Waals surface area contributed by atoms with Gasteiger partial charge in [-0.25, -0.2) is 9.78 Å². The number of fused-ring (bicyclic) bond motifs is 1. The Bertz CT molecular complexity index is 646. The summed E-state index contributed by atoms with van der Waals surface area (Å²) in [6.45, 7) is 0.259. The topological polar surface area (TPSA) is 51.2 Å². The molecule has 1 amide bonds. The maximum Gasteiger partial charge on any atom is 0.408 e. The van der Waals surface area contributed by atoms with Crippen LogP contribution in [0.15, 0.2) is 42.5 Å². The number of nitrogens with one attached hydrogen (secondary N) is 1. The second kappa shape index (κ2) is 6.14. The van der Waals surface area contributed by atoms with E-state index in [9.17, 15) is 4.79 Å². The highest BCUT2D eigenvalue weighted by Gasteiger charge is 2.26. The predicted molar refractivity (Wildman–Crippen MR) is 80.1 cm³/mol. The summed E-state index contributed by atoms with van der Waals surface area (Å²) >= 11 is 5.91. The number of carbonyl (C=O) groups is 1. The van der Waals surface area contributed by atoms with E-state index in [1.807, 2.05) is 36.4 Å². The molecule has 1 atom stereocenters. The molecular formula is C16H15ClN2O2. The predicted octanol–water partition coefficient (Wildman–Crippen LogP) is 3.65. The lowest BCUT2D eigenvalue weighted by molar-refractivity contribution is 0.135. The largest absolute Gasteiger partial charge is 0.445 e. The highest BCUT2D eigenvalue weighted by molar-refractivity contribution is 6.29. The molecule has 1 aromatic carbocycles. The number of carbonyl (C=O) groups excluding carboxylic acids is 1. The van der Waals surface area contributed by atoms with Crippen LogP contribution in [0.3, 0.4) is 0 Å². The minimum absolute atomic E-state index is 0.123.